The lowest BCUT2D eigenvalue weighted by molar-refractivity contribution is -0.148. The molecule has 0 spiro atoms. The van der Waals surface area contributed by atoms with Gasteiger partial charge in [0.25, 0.3) is 0 Å². The Morgan fingerprint density at radius 2 is 1.95 bits per heavy atom. The van der Waals surface area contributed by atoms with Crippen molar-refractivity contribution in [3.63, 3.8) is 0 Å². The Balaban J connectivity index is 2.25. The Kier molecular flexibility index (Phi) is 6.23. The van der Waals surface area contributed by atoms with E-state index in [-0.39, 0.29) is 17.6 Å². The summed E-state index contributed by atoms with van der Waals surface area (Å²) < 4.78 is 10.6. The van der Waals surface area contributed by atoms with Crippen molar-refractivity contribution in [2.75, 3.05) is 46.5 Å². The van der Waals surface area contributed by atoms with Gasteiger partial charge in [0.05, 0.1) is 19.8 Å². The molecule has 1 fully saturated rings. The van der Waals surface area contributed by atoms with E-state index in [1.807, 2.05) is 0 Å². The second kappa shape index (κ2) is 7.22. The Labute approximate surface area is 116 Å². The first kappa shape index (κ1) is 16.4. The standard InChI is InChI=1S/C14H28N2O3/c1-12(15(5)14(2,3)4)11-19-13(17)10-16-6-8-18-9-7-16/h12H,6-11H2,1-5H3. The molecular formula is C14H28N2O3. The number of esters is 1. The van der Waals surface area contributed by atoms with Crippen molar-refractivity contribution in [2.45, 2.75) is 39.3 Å². The number of hydrogen-bond donors (Lipinski definition) is 0. The van der Waals surface area contributed by atoms with E-state index in [2.05, 4.69) is 44.5 Å². The average Bonchev–Trinajstić information content (AvgIpc) is 2.35. The zero-order valence-electron chi connectivity index (χ0n) is 12.9. The van der Waals surface area contributed by atoms with E-state index in [9.17, 15) is 4.79 Å². The van der Waals surface area contributed by atoms with E-state index >= 15 is 0 Å². The summed E-state index contributed by atoms with van der Waals surface area (Å²) in [5.41, 5.74) is 0.0794. The highest BCUT2D eigenvalue weighted by Crippen LogP contribution is 2.14. The second-order valence-electron chi connectivity index (χ2n) is 6.20. The number of carbonyl (C=O) groups excluding carboxylic acids is 1. The van der Waals surface area contributed by atoms with Gasteiger partial charge in [-0.2, -0.15) is 0 Å². The fourth-order valence-corrected chi connectivity index (χ4v) is 1.97. The molecule has 0 saturated carbocycles. The number of ether oxygens (including phenoxy) is 2. The van der Waals surface area contributed by atoms with Crippen molar-refractivity contribution in [2.24, 2.45) is 0 Å². The van der Waals surface area contributed by atoms with Crippen LogP contribution in [0, 0.1) is 0 Å². The minimum absolute atomic E-state index is 0.0794. The zero-order chi connectivity index (χ0) is 14.5. The molecule has 0 bridgehead atoms. The summed E-state index contributed by atoms with van der Waals surface area (Å²) in [5.74, 6) is -0.143. The van der Waals surface area contributed by atoms with Crippen molar-refractivity contribution in [1.82, 2.24) is 9.80 Å². The lowest BCUT2D eigenvalue weighted by Crippen LogP contribution is -2.46. The minimum Gasteiger partial charge on any atom is -0.463 e. The van der Waals surface area contributed by atoms with Crippen LogP contribution in [-0.4, -0.2) is 73.9 Å². The SMILES string of the molecule is CC(COC(=O)CN1CCOCC1)N(C)C(C)(C)C. The molecule has 5 heteroatoms. The van der Waals surface area contributed by atoms with Gasteiger partial charge in [-0.05, 0) is 34.7 Å². The van der Waals surface area contributed by atoms with Gasteiger partial charge in [-0.3, -0.25) is 14.6 Å². The van der Waals surface area contributed by atoms with Crippen molar-refractivity contribution in [3.05, 3.63) is 0 Å². The molecule has 1 rings (SSSR count). The molecule has 1 unspecified atom stereocenters. The van der Waals surface area contributed by atoms with Crippen LogP contribution in [0.1, 0.15) is 27.7 Å². The molecule has 1 aliphatic heterocycles. The maximum absolute atomic E-state index is 11.8. The van der Waals surface area contributed by atoms with Gasteiger partial charge in [0.1, 0.15) is 6.61 Å². The van der Waals surface area contributed by atoms with Gasteiger partial charge in [0.2, 0.25) is 0 Å². The summed E-state index contributed by atoms with van der Waals surface area (Å²) >= 11 is 0. The number of rotatable bonds is 5. The summed E-state index contributed by atoms with van der Waals surface area (Å²) in [6.45, 7) is 12.4. The van der Waals surface area contributed by atoms with E-state index in [1.54, 1.807) is 0 Å². The van der Waals surface area contributed by atoms with Gasteiger partial charge < -0.3 is 9.47 Å². The molecule has 0 amide bonds. The van der Waals surface area contributed by atoms with Crippen LogP contribution >= 0.6 is 0 Å². The molecule has 1 aliphatic rings. The van der Waals surface area contributed by atoms with E-state index < -0.39 is 0 Å². The summed E-state index contributed by atoms with van der Waals surface area (Å²) in [7, 11) is 2.06. The van der Waals surface area contributed by atoms with E-state index in [0.29, 0.717) is 26.4 Å². The molecule has 19 heavy (non-hydrogen) atoms. The number of likely N-dealkylation sites (N-methyl/N-ethyl adjacent to an activating group) is 1. The van der Waals surface area contributed by atoms with Crippen LogP contribution in [0.2, 0.25) is 0 Å². The van der Waals surface area contributed by atoms with Crippen LogP contribution < -0.4 is 0 Å². The number of morpholine rings is 1. The smallest absolute Gasteiger partial charge is 0.320 e. The Morgan fingerprint density at radius 1 is 1.37 bits per heavy atom. The second-order valence-corrected chi connectivity index (χ2v) is 6.20. The molecule has 0 aromatic rings. The lowest BCUT2D eigenvalue weighted by Gasteiger charge is -2.36. The maximum Gasteiger partial charge on any atom is 0.320 e. The molecule has 0 radical (unpaired) electrons. The Bertz CT molecular complexity index is 283. The zero-order valence-corrected chi connectivity index (χ0v) is 12.9. The minimum atomic E-state index is -0.143. The van der Waals surface area contributed by atoms with Crippen LogP contribution in [0.15, 0.2) is 0 Å². The third kappa shape index (κ3) is 5.89. The fraction of sp³-hybridized carbons (Fsp3) is 0.929. The predicted octanol–water partition coefficient (Wildman–Crippen LogP) is 0.981. The molecular weight excluding hydrogens is 244 g/mol. The molecule has 0 aromatic carbocycles. The van der Waals surface area contributed by atoms with Crippen LogP contribution in [0.3, 0.4) is 0 Å². The first-order chi connectivity index (χ1) is 8.80. The van der Waals surface area contributed by atoms with Crippen LogP contribution in [0.25, 0.3) is 0 Å². The van der Waals surface area contributed by atoms with Crippen LogP contribution in [-0.2, 0) is 14.3 Å². The molecule has 0 N–H and O–H groups in total. The van der Waals surface area contributed by atoms with Gasteiger partial charge in [0.15, 0.2) is 0 Å². The third-order valence-electron chi connectivity index (χ3n) is 3.66. The molecule has 112 valence electrons. The van der Waals surface area contributed by atoms with Crippen LogP contribution in [0.5, 0.6) is 0 Å². The van der Waals surface area contributed by atoms with Gasteiger partial charge in [0, 0.05) is 24.7 Å². The number of nitrogens with zero attached hydrogens (tertiary/aromatic N) is 2. The summed E-state index contributed by atoms with van der Waals surface area (Å²) in [6.07, 6.45) is 0. The molecule has 1 atom stereocenters. The van der Waals surface area contributed by atoms with Crippen molar-refractivity contribution in [1.29, 1.82) is 0 Å². The van der Waals surface area contributed by atoms with Crippen LogP contribution in [0.4, 0.5) is 0 Å². The fourth-order valence-electron chi connectivity index (χ4n) is 1.97. The summed E-state index contributed by atoms with van der Waals surface area (Å²) in [6, 6.07) is 0.216. The lowest BCUT2D eigenvalue weighted by atomic mass is 10.1. The highest BCUT2D eigenvalue weighted by Gasteiger charge is 2.23. The quantitative estimate of drug-likeness (QED) is 0.698. The highest BCUT2D eigenvalue weighted by molar-refractivity contribution is 5.71. The maximum atomic E-state index is 11.8. The van der Waals surface area contributed by atoms with Gasteiger partial charge in [-0.15, -0.1) is 0 Å². The molecule has 0 aromatic heterocycles. The van der Waals surface area contributed by atoms with Crippen molar-refractivity contribution in [3.8, 4) is 0 Å². The largest absolute Gasteiger partial charge is 0.463 e. The van der Waals surface area contributed by atoms with E-state index in [1.165, 1.54) is 0 Å². The van der Waals surface area contributed by atoms with Crippen molar-refractivity contribution >= 4 is 5.97 Å². The van der Waals surface area contributed by atoms with Crippen molar-refractivity contribution < 1.29 is 14.3 Å². The molecule has 5 nitrogen and oxygen atoms in total. The normalized spacial score (nSPS) is 19.5. The number of hydrogen-bond acceptors (Lipinski definition) is 5. The monoisotopic (exact) mass is 272 g/mol. The topological polar surface area (TPSA) is 42.0 Å². The first-order valence-electron chi connectivity index (χ1n) is 6.99. The Hall–Kier alpha value is -0.650. The Morgan fingerprint density at radius 3 is 2.47 bits per heavy atom. The first-order valence-corrected chi connectivity index (χ1v) is 6.99. The molecule has 1 saturated heterocycles. The van der Waals surface area contributed by atoms with E-state index in [0.717, 1.165) is 13.1 Å². The summed E-state index contributed by atoms with van der Waals surface area (Å²) in [5, 5.41) is 0. The average molecular weight is 272 g/mol. The molecule has 0 aliphatic carbocycles. The van der Waals surface area contributed by atoms with Gasteiger partial charge in [-0.25, -0.2) is 0 Å². The van der Waals surface area contributed by atoms with Gasteiger partial charge in [-0.1, -0.05) is 0 Å². The van der Waals surface area contributed by atoms with E-state index in [4.69, 9.17) is 9.47 Å². The molecule has 1 heterocycles. The summed E-state index contributed by atoms with van der Waals surface area (Å²) in [4.78, 5) is 16.1. The van der Waals surface area contributed by atoms with Gasteiger partial charge >= 0.3 is 5.97 Å². The number of carbonyl (C=O) groups is 1. The highest BCUT2D eigenvalue weighted by atomic mass is 16.5. The third-order valence-corrected chi connectivity index (χ3v) is 3.66. The predicted molar refractivity (Wildman–Crippen MR) is 75.2 cm³/mol.